The zero-order chi connectivity index (χ0) is 33.1. The molecule has 0 spiro atoms. The Morgan fingerprint density at radius 1 is 0.614 bits per heavy atom. The van der Waals surface area contributed by atoms with Crippen LogP contribution in [-0.4, -0.2) is 25.0 Å². The van der Waals surface area contributed by atoms with Gasteiger partial charge in [-0.2, -0.15) is 9.98 Å². The summed E-state index contributed by atoms with van der Waals surface area (Å²) in [6.45, 7) is 12.0. The van der Waals surface area contributed by atoms with Gasteiger partial charge in [-0.3, -0.25) is 9.59 Å². The fourth-order valence-corrected chi connectivity index (χ4v) is 3.44. The van der Waals surface area contributed by atoms with Gasteiger partial charge in [-0.05, 0) is 106 Å². The monoisotopic (exact) mass is 594 g/mol. The second-order valence-electron chi connectivity index (χ2n) is 9.63. The van der Waals surface area contributed by atoms with Crippen LogP contribution in [0.3, 0.4) is 0 Å². The second kappa shape index (κ2) is 19.3. The number of isocyanates is 2. The molecule has 0 aliphatic heterocycles. The normalized spacial score (nSPS) is 9.05. The Morgan fingerprint density at radius 3 is 1.77 bits per heavy atom. The molecule has 4 aromatic carbocycles. The minimum absolute atomic E-state index is 0.426. The number of carbonyl (C=O) groups excluding carboxylic acids is 4. The number of hydrogen-bond acceptors (Lipinski definition) is 8. The maximum atomic E-state index is 10.2. The maximum Gasteiger partial charge on any atom is 0.240 e. The number of nitrogens with zero attached hydrogens (tertiary/aromatic N) is 2. The smallest absolute Gasteiger partial charge is 0.240 e. The standard InChI is InChI=1S/C9H10N2O2.C9H6N2O2.C9H12.C7H10N2/c2*1-7-2-3-8(10-5-12)4-9(7)11-6-13;1-7-4-5-8(2)9(3)6-7;1-5-2-3-6(8)4-7(5)9/h2-6H,1H3,(H,10,12)(H,11,13);2-4H,1H3;4-6H,1-3H3;2-4H,8-9H2,1H3. The van der Waals surface area contributed by atoms with Crippen LogP contribution in [0.25, 0.3) is 0 Å². The van der Waals surface area contributed by atoms with Gasteiger partial charge in [0.25, 0.3) is 0 Å². The third kappa shape index (κ3) is 13.2. The Kier molecular flexibility index (Phi) is 15.9. The molecule has 10 nitrogen and oxygen atoms in total. The Morgan fingerprint density at radius 2 is 1.23 bits per heavy atom. The summed E-state index contributed by atoms with van der Waals surface area (Å²) >= 11 is 0. The van der Waals surface area contributed by atoms with Gasteiger partial charge >= 0.3 is 0 Å². The van der Waals surface area contributed by atoms with Crippen LogP contribution in [0, 0.1) is 41.5 Å². The van der Waals surface area contributed by atoms with E-state index in [0.29, 0.717) is 35.6 Å². The summed E-state index contributed by atoms with van der Waals surface area (Å²) in [6, 6.07) is 22.2. The fraction of sp³-hybridized carbons (Fsp3) is 0.176. The van der Waals surface area contributed by atoms with E-state index in [-0.39, 0.29) is 0 Å². The molecule has 0 radical (unpaired) electrons. The first-order chi connectivity index (χ1) is 20.9. The maximum absolute atomic E-state index is 10.2. The fourth-order valence-electron chi connectivity index (χ4n) is 3.44. The SMILES string of the molecule is Cc1ccc(C)c(C)c1.Cc1ccc(N)cc1N.Cc1ccc(N=C=O)cc1N=C=O.Cc1ccc(NC=O)cc1NC=O. The third-order valence-electron chi connectivity index (χ3n) is 6.18. The number of aliphatic imine (C=N–C) groups is 2. The highest BCUT2D eigenvalue weighted by Crippen LogP contribution is 2.24. The number of amides is 2. The first kappa shape index (κ1) is 36.2. The number of carbonyl (C=O) groups is 2. The highest BCUT2D eigenvalue weighted by atomic mass is 16.1. The van der Waals surface area contributed by atoms with Crippen molar-refractivity contribution in [3.8, 4) is 0 Å². The van der Waals surface area contributed by atoms with Crippen molar-refractivity contribution < 1.29 is 19.2 Å². The van der Waals surface area contributed by atoms with E-state index in [9.17, 15) is 19.2 Å². The molecule has 4 rings (SSSR count). The topological polar surface area (TPSA) is 169 Å². The lowest BCUT2D eigenvalue weighted by atomic mass is 10.1. The summed E-state index contributed by atoms with van der Waals surface area (Å²) in [5, 5.41) is 5.04. The lowest BCUT2D eigenvalue weighted by molar-refractivity contribution is -0.106. The quantitative estimate of drug-likeness (QED) is 0.0825. The molecule has 0 heterocycles. The van der Waals surface area contributed by atoms with Crippen LogP contribution >= 0.6 is 0 Å². The molecule has 4 aromatic rings. The van der Waals surface area contributed by atoms with E-state index in [4.69, 9.17) is 11.5 Å². The van der Waals surface area contributed by atoms with Crippen molar-refractivity contribution in [2.45, 2.75) is 41.5 Å². The van der Waals surface area contributed by atoms with Gasteiger partial charge in [0.15, 0.2) is 0 Å². The molecule has 0 atom stereocenters. The third-order valence-corrected chi connectivity index (χ3v) is 6.18. The lowest BCUT2D eigenvalue weighted by Crippen LogP contribution is -1.99. The highest BCUT2D eigenvalue weighted by molar-refractivity contribution is 5.79. The summed E-state index contributed by atoms with van der Waals surface area (Å²) in [7, 11) is 0. The molecule has 228 valence electrons. The highest BCUT2D eigenvalue weighted by Gasteiger charge is 1.99. The number of anilines is 4. The minimum atomic E-state index is 0.426. The average Bonchev–Trinajstić information content (AvgIpc) is 2.98. The summed E-state index contributed by atoms with van der Waals surface area (Å²) < 4.78 is 0. The molecule has 0 aliphatic carbocycles. The van der Waals surface area contributed by atoms with E-state index in [2.05, 4.69) is 59.6 Å². The van der Waals surface area contributed by atoms with Gasteiger partial charge < -0.3 is 22.1 Å². The summed E-state index contributed by atoms with van der Waals surface area (Å²) in [5.74, 6) is 0. The van der Waals surface area contributed by atoms with Crippen LogP contribution in [0.5, 0.6) is 0 Å². The van der Waals surface area contributed by atoms with E-state index in [1.54, 1.807) is 37.3 Å². The molecular weight excluding hydrogens is 556 g/mol. The Bertz CT molecular complexity index is 1610. The summed E-state index contributed by atoms with van der Waals surface area (Å²) in [4.78, 5) is 47.1. The van der Waals surface area contributed by atoms with Crippen LogP contribution in [0.1, 0.15) is 33.4 Å². The van der Waals surface area contributed by atoms with Gasteiger partial charge in [-0.1, -0.05) is 42.0 Å². The van der Waals surface area contributed by atoms with E-state index in [0.717, 1.165) is 28.1 Å². The number of nitrogens with two attached hydrogens (primary N) is 2. The Balaban J connectivity index is 0.000000298. The van der Waals surface area contributed by atoms with Crippen molar-refractivity contribution in [2.24, 2.45) is 9.98 Å². The molecule has 0 aliphatic rings. The Labute approximate surface area is 257 Å². The van der Waals surface area contributed by atoms with Crippen molar-refractivity contribution in [3.05, 3.63) is 106 Å². The molecule has 6 N–H and O–H groups in total. The van der Waals surface area contributed by atoms with E-state index in [1.165, 1.54) is 34.9 Å². The average molecular weight is 595 g/mol. The van der Waals surface area contributed by atoms with Crippen LogP contribution < -0.4 is 22.1 Å². The number of hydrogen-bond donors (Lipinski definition) is 4. The van der Waals surface area contributed by atoms with Crippen LogP contribution in [0.15, 0.2) is 82.8 Å². The van der Waals surface area contributed by atoms with Gasteiger partial charge in [0.2, 0.25) is 25.0 Å². The molecule has 0 saturated heterocycles. The zero-order valence-corrected chi connectivity index (χ0v) is 25.8. The number of aryl methyl sites for hydroxylation is 6. The van der Waals surface area contributed by atoms with Crippen molar-refractivity contribution >= 4 is 59.1 Å². The lowest BCUT2D eigenvalue weighted by Gasteiger charge is -2.05. The molecular formula is C34H38N6O4. The molecule has 0 unspecified atom stereocenters. The van der Waals surface area contributed by atoms with Crippen LogP contribution in [0.4, 0.5) is 34.1 Å². The van der Waals surface area contributed by atoms with Crippen LogP contribution in [0.2, 0.25) is 0 Å². The van der Waals surface area contributed by atoms with Gasteiger partial charge in [0, 0.05) is 22.7 Å². The molecule has 2 amide bonds. The van der Waals surface area contributed by atoms with E-state index in [1.807, 2.05) is 32.0 Å². The van der Waals surface area contributed by atoms with Gasteiger partial charge in [0.05, 0.1) is 11.4 Å². The van der Waals surface area contributed by atoms with Crippen molar-refractivity contribution in [2.75, 3.05) is 22.1 Å². The second-order valence-corrected chi connectivity index (χ2v) is 9.63. The molecule has 44 heavy (non-hydrogen) atoms. The molecule has 0 saturated carbocycles. The van der Waals surface area contributed by atoms with Gasteiger partial charge in [-0.25, -0.2) is 9.59 Å². The first-order valence-electron chi connectivity index (χ1n) is 13.4. The van der Waals surface area contributed by atoms with Crippen molar-refractivity contribution in [1.82, 2.24) is 0 Å². The molecule has 0 aromatic heterocycles. The van der Waals surface area contributed by atoms with Gasteiger partial charge in [0.1, 0.15) is 0 Å². The van der Waals surface area contributed by atoms with E-state index >= 15 is 0 Å². The van der Waals surface area contributed by atoms with Gasteiger partial charge in [-0.15, -0.1) is 0 Å². The number of nitrogen functional groups attached to an aromatic ring is 2. The number of rotatable bonds is 6. The first-order valence-corrected chi connectivity index (χ1v) is 13.4. The Hall–Kier alpha value is -5.82. The number of benzene rings is 4. The zero-order valence-electron chi connectivity index (χ0n) is 25.8. The predicted molar refractivity (Wildman–Crippen MR) is 178 cm³/mol. The minimum Gasteiger partial charge on any atom is -0.399 e. The number of nitrogens with one attached hydrogen (secondary N) is 2. The molecule has 0 bridgehead atoms. The summed E-state index contributed by atoms with van der Waals surface area (Å²) in [6.07, 6.45) is 4.03. The molecule has 10 heteroatoms. The summed E-state index contributed by atoms with van der Waals surface area (Å²) in [5.41, 5.74) is 21.7. The molecule has 0 fully saturated rings. The predicted octanol–water partition coefficient (Wildman–Crippen LogP) is 6.83. The van der Waals surface area contributed by atoms with Crippen molar-refractivity contribution in [3.63, 3.8) is 0 Å². The van der Waals surface area contributed by atoms with Crippen LogP contribution in [-0.2, 0) is 19.2 Å². The van der Waals surface area contributed by atoms with Crippen molar-refractivity contribution in [1.29, 1.82) is 0 Å². The van der Waals surface area contributed by atoms with E-state index < -0.39 is 0 Å². The largest absolute Gasteiger partial charge is 0.399 e.